The van der Waals surface area contributed by atoms with E-state index in [0.717, 1.165) is 56.2 Å². The van der Waals surface area contributed by atoms with Crippen molar-refractivity contribution in [3.63, 3.8) is 0 Å². The third kappa shape index (κ3) is 32.9. The Balaban J connectivity index is 4.54. The van der Waals surface area contributed by atoms with Gasteiger partial charge >= 0.3 is 11.9 Å². The number of ether oxygens (including phenoxy) is 2. The van der Waals surface area contributed by atoms with Gasteiger partial charge in [0.15, 0.2) is 6.10 Å². The SMILES string of the molecule is CCCCCCCCCCCCCCCC(=O)OC[C@H](COP(=O)([O-])OCC[N+](CC)(CC)CC)OC(=O)CCCCCCCCCCCCCCC. The Kier molecular flexibility index (Phi) is 36.0. The van der Waals surface area contributed by atoms with Crippen LogP contribution in [0.25, 0.3) is 0 Å². The topological polar surface area (TPSA) is 111 Å². The van der Waals surface area contributed by atoms with Gasteiger partial charge in [0.25, 0.3) is 7.82 Å². The van der Waals surface area contributed by atoms with E-state index in [-0.39, 0.29) is 32.0 Å². The molecule has 1 unspecified atom stereocenters. The number of phosphoric ester groups is 1. The molecule has 0 aromatic carbocycles. The summed E-state index contributed by atoms with van der Waals surface area (Å²) in [6.45, 7) is 13.2. The minimum absolute atomic E-state index is 0.00785. The van der Waals surface area contributed by atoms with Gasteiger partial charge < -0.3 is 27.9 Å². The highest BCUT2D eigenvalue weighted by molar-refractivity contribution is 7.45. The van der Waals surface area contributed by atoms with Crippen molar-refractivity contribution in [1.82, 2.24) is 0 Å². The second-order valence-corrected chi connectivity index (χ2v) is 16.8. The smallest absolute Gasteiger partial charge is 0.306 e. The Labute approximate surface area is 327 Å². The van der Waals surface area contributed by atoms with Gasteiger partial charge in [-0.3, -0.25) is 14.2 Å². The highest BCUT2D eigenvalue weighted by Gasteiger charge is 2.24. The van der Waals surface area contributed by atoms with Crippen LogP contribution in [0.4, 0.5) is 0 Å². The molecule has 0 heterocycles. The Morgan fingerprint density at radius 3 is 1.25 bits per heavy atom. The summed E-state index contributed by atoms with van der Waals surface area (Å²) in [6.07, 6.45) is 31.2. The van der Waals surface area contributed by atoms with Gasteiger partial charge in [0.05, 0.1) is 26.2 Å². The lowest BCUT2D eigenvalue weighted by Crippen LogP contribution is -2.49. The van der Waals surface area contributed by atoms with Crippen molar-refractivity contribution in [1.29, 1.82) is 0 Å². The van der Waals surface area contributed by atoms with E-state index in [9.17, 15) is 19.0 Å². The van der Waals surface area contributed by atoms with Crippen molar-refractivity contribution in [2.45, 2.75) is 221 Å². The Hall–Kier alpha value is -0.990. The molecule has 0 spiro atoms. The average Bonchev–Trinajstić information content (AvgIpc) is 3.15. The molecule has 0 aliphatic carbocycles. The molecule has 0 aromatic heterocycles. The fourth-order valence-electron chi connectivity index (χ4n) is 6.90. The molecule has 9 nitrogen and oxygen atoms in total. The summed E-state index contributed by atoms with van der Waals surface area (Å²) in [4.78, 5) is 37.8. The van der Waals surface area contributed by atoms with Crippen LogP contribution in [0.3, 0.4) is 0 Å². The van der Waals surface area contributed by atoms with E-state index in [1.165, 1.54) is 128 Å². The molecule has 0 saturated heterocycles. The number of carbonyl (C=O) groups is 2. The number of nitrogens with zero attached hydrogens (tertiary/aromatic N) is 1. The molecule has 0 aromatic rings. The van der Waals surface area contributed by atoms with Crippen molar-refractivity contribution < 1.29 is 42.1 Å². The first-order chi connectivity index (χ1) is 25.7. The van der Waals surface area contributed by atoms with Crippen molar-refractivity contribution in [2.75, 3.05) is 46.0 Å². The third-order valence-corrected chi connectivity index (χ3v) is 11.9. The van der Waals surface area contributed by atoms with E-state index in [4.69, 9.17) is 18.5 Å². The molecule has 0 N–H and O–H groups in total. The number of phosphoric acid groups is 1. The maximum absolute atomic E-state index is 12.7. The lowest BCUT2D eigenvalue weighted by Gasteiger charge is -2.36. The van der Waals surface area contributed by atoms with Crippen LogP contribution in [-0.2, 0) is 32.7 Å². The lowest BCUT2D eigenvalue weighted by atomic mass is 10.0. The van der Waals surface area contributed by atoms with Crippen LogP contribution in [-0.4, -0.2) is 68.5 Å². The first kappa shape index (κ1) is 52.0. The first-order valence-corrected chi connectivity index (χ1v) is 23.9. The van der Waals surface area contributed by atoms with Crippen LogP contribution in [0.2, 0.25) is 0 Å². The molecule has 0 radical (unpaired) electrons. The summed E-state index contributed by atoms with van der Waals surface area (Å²) < 4.78 is 34.7. The maximum atomic E-state index is 12.7. The van der Waals surface area contributed by atoms with Gasteiger partial charge in [0.2, 0.25) is 0 Å². The highest BCUT2D eigenvalue weighted by Crippen LogP contribution is 2.38. The van der Waals surface area contributed by atoms with Crippen LogP contribution < -0.4 is 4.89 Å². The van der Waals surface area contributed by atoms with E-state index in [0.29, 0.717) is 13.0 Å². The minimum atomic E-state index is -4.64. The number of quaternary nitrogens is 1. The van der Waals surface area contributed by atoms with Gasteiger partial charge in [-0.2, -0.15) is 0 Å². The van der Waals surface area contributed by atoms with Gasteiger partial charge in [-0.25, -0.2) is 0 Å². The van der Waals surface area contributed by atoms with Crippen LogP contribution in [0, 0.1) is 0 Å². The number of carbonyl (C=O) groups excluding carboxylic acids is 2. The molecule has 2 atom stereocenters. The summed E-state index contributed by atoms with van der Waals surface area (Å²) in [6, 6.07) is 0. The van der Waals surface area contributed by atoms with Gasteiger partial charge in [-0.1, -0.05) is 168 Å². The second kappa shape index (κ2) is 36.6. The molecule has 0 aliphatic rings. The zero-order chi connectivity index (χ0) is 39.3. The summed E-state index contributed by atoms with van der Waals surface area (Å²) >= 11 is 0. The van der Waals surface area contributed by atoms with Crippen LogP contribution >= 0.6 is 7.82 Å². The number of hydrogen-bond donors (Lipinski definition) is 0. The zero-order valence-electron chi connectivity index (χ0n) is 35.5. The summed E-state index contributed by atoms with van der Waals surface area (Å²) in [5.41, 5.74) is 0. The zero-order valence-corrected chi connectivity index (χ0v) is 36.4. The summed E-state index contributed by atoms with van der Waals surface area (Å²) in [7, 11) is -4.64. The van der Waals surface area contributed by atoms with Crippen LogP contribution in [0.1, 0.15) is 214 Å². The molecule has 0 bridgehead atoms. The van der Waals surface area contributed by atoms with Gasteiger partial charge in [0.1, 0.15) is 19.8 Å². The molecule has 0 aliphatic heterocycles. The minimum Gasteiger partial charge on any atom is -0.756 e. The van der Waals surface area contributed by atoms with Crippen LogP contribution in [0.15, 0.2) is 0 Å². The van der Waals surface area contributed by atoms with E-state index in [1.807, 2.05) is 0 Å². The van der Waals surface area contributed by atoms with E-state index in [2.05, 4.69) is 34.6 Å². The Morgan fingerprint density at radius 1 is 0.509 bits per heavy atom. The Bertz CT molecular complexity index is 876. The molecule has 0 amide bonds. The number of unbranched alkanes of at least 4 members (excludes halogenated alkanes) is 24. The van der Waals surface area contributed by atoms with Crippen molar-refractivity contribution in [2.24, 2.45) is 0 Å². The fraction of sp³-hybridized carbons (Fsp3) is 0.953. The number of likely N-dealkylation sites (N-methyl/N-ethyl adjacent to an activating group) is 1. The predicted octanol–water partition coefficient (Wildman–Crippen LogP) is 11.8. The van der Waals surface area contributed by atoms with Crippen molar-refractivity contribution >= 4 is 19.8 Å². The second-order valence-electron chi connectivity index (χ2n) is 15.4. The molecule has 316 valence electrons. The molecule has 10 heteroatoms. The quantitative estimate of drug-likeness (QED) is 0.0261. The number of hydrogen-bond acceptors (Lipinski definition) is 8. The standard InChI is InChI=1S/C43H86NO8P/c1-6-11-13-15-17-19-21-23-25-27-29-31-33-35-42(45)49-39-41(40-51-53(47,48)50-38-37-44(8-3,9-4)10-5)52-43(46)36-34-32-30-28-26-24-22-20-18-16-14-12-7-2/h41H,6-40H2,1-5H3/t41-/m1/s1. The lowest BCUT2D eigenvalue weighted by molar-refractivity contribution is -0.923. The van der Waals surface area contributed by atoms with Gasteiger partial charge in [-0.05, 0) is 33.6 Å². The summed E-state index contributed by atoms with van der Waals surface area (Å²) in [5, 5.41) is 0. The first-order valence-electron chi connectivity index (χ1n) is 22.5. The van der Waals surface area contributed by atoms with Gasteiger partial charge in [0, 0.05) is 12.8 Å². The van der Waals surface area contributed by atoms with E-state index in [1.54, 1.807) is 0 Å². The molecule has 0 fully saturated rings. The molecular formula is C43H86NO8P. The molecule has 0 saturated carbocycles. The highest BCUT2D eigenvalue weighted by atomic mass is 31.2. The normalized spacial score (nSPS) is 13.5. The molecule has 53 heavy (non-hydrogen) atoms. The van der Waals surface area contributed by atoms with Crippen LogP contribution in [0.5, 0.6) is 0 Å². The van der Waals surface area contributed by atoms with E-state index >= 15 is 0 Å². The monoisotopic (exact) mass is 776 g/mol. The average molecular weight is 776 g/mol. The summed E-state index contributed by atoms with van der Waals surface area (Å²) in [5.74, 6) is -0.813. The predicted molar refractivity (Wildman–Crippen MR) is 218 cm³/mol. The maximum Gasteiger partial charge on any atom is 0.306 e. The molecule has 0 rings (SSSR count). The largest absolute Gasteiger partial charge is 0.756 e. The fourth-order valence-corrected chi connectivity index (χ4v) is 7.63. The molecular weight excluding hydrogens is 689 g/mol. The van der Waals surface area contributed by atoms with Crippen molar-refractivity contribution in [3.05, 3.63) is 0 Å². The number of rotatable bonds is 41. The van der Waals surface area contributed by atoms with E-state index < -0.39 is 26.5 Å². The van der Waals surface area contributed by atoms with Gasteiger partial charge in [-0.15, -0.1) is 0 Å². The third-order valence-electron chi connectivity index (χ3n) is 10.9. The Morgan fingerprint density at radius 2 is 0.868 bits per heavy atom. The van der Waals surface area contributed by atoms with Crippen molar-refractivity contribution in [3.8, 4) is 0 Å². The number of esters is 2.